The lowest BCUT2D eigenvalue weighted by Crippen LogP contribution is -2.36. The van der Waals surface area contributed by atoms with Gasteiger partial charge in [-0.15, -0.1) is 0 Å². The molecule has 0 unspecified atom stereocenters. The topological polar surface area (TPSA) is 88.2 Å². The van der Waals surface area contributed by atoms with Gasteiger partial charge in [-0.3, -0.25) is 15.1 Å². The molecule has 1 fully saturated rings. The number of morpholine rings is 1. The summed E-state index contributed by atoms with van der Waals surface area (Å²) in [4.78, 5) is 16.9. The molecule has 0 atom stereocenters. The van der Waals surface area contributed by atoms with Gasteiger partial charge in [0, 0.05) is 36.6 Å². The van der Waals surface area contributed by atoms with E-state index in [1.54, 1.807) is 6.07 Å². The predicted molar refractivity (Wildman–Crippen MR) is 99.2 cm³/mol. The number of benzene rings is 2. The molecule has 0 aliphatic carbocycles. The molecule has 1 N–H and O–H groups in total. The van der Waals surface area contributed by atoms with E-state index in [1.807, 2.05) is 24.3 Å². The first kappa shape index (κ1) is 17.4. The maximum absolute atomic E-state index is 11.0. The van der Waals surface area contributed by atoms with Gasteiger partial charge in [-0.25, -0.2) is 0 Å². The number of aromatic hydroxyl groups is 1. The lowest BCUT2D eigenvalue weighted by molar-refractivity contribution is -0.386. The molecule has 0 aromatic heterocycles. The maximum atomic E-state index is 11.0. The standard InChI is InChI=1S/C17H16BrN3O4/c18-15-9-12(10-16(17(15)22)21(23)24)11-19-13-1-3-14(4-2-13)20-5-7-25-8-6-20/h1-4,9-11,22H,5-8H2. The minimum atomic E-state index is -0.630. The van der Waals surface area contributed by atoms with Gasteiger partial charge < -0.3 is 14.7 Å². The van der Waals surface area contributed by atoms with Gasteiger partial charge in [-0.05, 0) is 46.3 Å². The molecule has 1 aliphatic rings. The van der Waals surface area contributed by atoms with Crippen LogP contribution in [0.2, 0.25) is 0 Å². The largest absolute Gasteiger partial charge is 0.501 e. The van der Waals surface area contributed by atoms with E-state index >= 15 is 0 Å². The Morgan fingerprint density at radius 3 is 2.56 bits per heavy atom. The summed E-state index contributed by atoms with van der Waals surface area (Å²) in [5.41, 5.74) is 2.02. The van der Waals surface area contributed by atoms with Crippen molar-refractivity contribution in [1.82, 2.24) is 0 Å². The van der Waals surface area contributed by atoms with Gasteiger partial charge in [0.2, 0.25) is 5.75 Å². The molecule has 7 nitrogen and oxygen atoms in total. The Morgan fingerprint density at radius 1 is 1.24 bits per heavy atom. The van der Waals surface area contributed by atoms with Crippen LogP contribution in [0.4, 0.5) is 17.1 Å². The van der Waals surface area contributed by atoms with Crippen molar-refractivity contribution in [2.75, 3.05) is 31.2 Å². The number of phenolic OH excluding ortho intramolecular Hbond substituents is 1. The zero-order valence-corrected chi connectivity index (χ0v) is 14.8. The van der Waals surface area contributed by atoms with Gasteiger partial charge in [0.15, 0.2) is 0 Å². The van der Waals surface area contributed by atoms with Crippen LogP contribution in [0.1, 0.15) is 5.56 Å². The van der Waals surface area contributed by atoms with Gasteiger partial charge in [-0.2, -0.15) is 0 Å². The number of ether oxygens (including phenoxy) is 1. The first-order valence-electron chi connectivity index (χ1n) is 7.68. The lowest BCUT2D eigenvalue weighted by atomic mass is 10.2. The minimum Gasteiger partial charge on any atom is -0.501 e. The average molecular weight is 406 g/mol. The number of phenols is 1. The number of rotatable bonds is 4. The molecule has 25 heavy (non-hydrogen) atoms. The van der Waals surface area contributed by atoms with Crippen LogP contribution in [0.3, 0.4) is 0 Å². The second kappa shape index (κ2) is 7.62. The van der Waals surface area contributed by atoms with Crippen molar-refractivity contribution in [3.63, 3.8) is 0 Å². The summed E-state index contributed by atoms with van der Waals surface area (Å²) < 4.78 is 5.60. The van der Waals surface area contributed by atoms with E-state index in [0.717, 1.165) is 37.7 Å². The van der Waals surface area contributed by atoms with Crippen LogP contribution in [0.15, 0.2) is 45.9 Å². The van der Waals surface area contributed by atoms with Crippen LogP contribution in [-0.4, -0.2) is 42.5 Å². The number of nitrogens with zero attached hydrogens (tertiary/aromatic N) is 3. The summed E-state index contributed by atoms with van der Waals surface area (Å²) in [5.74, 6) is -0.392. The Kier molecular flexibility index (Phi) is 5.30. The number of nitro benzene ring substituents is 1. The summed E-state index contributed by atoms with van der Waals surface area (Å²) >= 11 is 3.11. The van der Waals surface area contributed by atoms with Crippen LogP contribution in [0.5, 0.6) is 5.75 Å². The first-order chi connectivity index (χ1) is 12.0. The fourth-order valence-electron chi connectivity index (χ4n) is 2.54. The molecule has 1 aliphatic heterocycles. The summed E-state index contributed by atoms with van der Waals surface area (Å²) in [6, 6.07) is 10.6. The van der Waals surface area contributed by atoms with Crippen LogP contribution < -0.4 is 4.90 Å². The van der Waals surface area contributed by atoms with Gasteiger partial charge in [-0.1, -0.05) is 0 Å². The van der Waals surface area contributed by atoms with Crippen LogP contribution in [0.25, 0.3) is 0 Å². The van der Waals surface area contributed by atoms with E-state index in [9.17, 15) is 15.2 Å². The Bertz CT molecular complexity index is 802. The highest BCUT2D eigenvalue weighted by Crippen LogP contribution is 2.34. The second-order valence-corrected chi connectivity index (χ2v) is 6.36. The van der Waals surface area contributed by atoms with Crippen molar-refractivity contribution in [3.05, 3.63) is 56.5 Å². The molecular formula is C17H16BrN3O4. The fourth-order valence-corrected chi connectivity index (χ4v) is 3.01. The van der Waals surface area contributed by atoms with Crippen molar-refractivity contribution >= 4 is 39.2 Å². The molecule has 8 heteroatoms. The summed E-state index contributed by atoms with van der Waals surface area (Å²) in [6.07, 6.45) is 1.53. The second-order valence-electron chi connectivity index (χ2n) is 5.50. The number of aliphatic imine (C=N–C) groups is 1. The predicted octanol–water partition coefficient (Wildman–Crippen LogP) is 3.65. The highest BCUT2D eigenvalue weighted by atomic mass is 79.9. The molecule has 2 aromatic rings. The number of halogens is 1. The molecule has 0 spiro atoms. The van der Waals surface area contributed by atoms with Gasteiger partial charge in [0.25, 0.3) is 0 Å². The van der Waals surface area contributed by atoms with Gasteiger partial charge in [0.1, 0.15) is 0 Å². The first-order valence-corrected chi connectivity index (χ1v) is 8.47. The molecule has 0 radical (unpaired) electrons. The van der Waals surface area contributed by atoms with E-state index in [4.69, 9.17) is 4.74 Å². The highest BCUT2D eigenvalue weighted by molar-refractivity contribution is 9.10. The van der Waals surface area contributed by atoms with E-state index < -0.39 is 10.7 Å². The van der Waals surface area contributed by atoms with E-state index in [-0.39, 0.29) is 10.2 Å². The molecule has 1 heterocycles. The molecule has 130 valence electrons. The van der Waals surface area contributed by atoms with Crippen molar-refractivity contribution in [2.24, 2.45) is 4.99 Å². The normalized spacial score (nSPS) is 14.8. The summed E-state index contributed by atoms with van der Waals surface area (Å²) in [6.45, 7) is 3.20. The van der Waals surface area contributed by atoms with E-state index in [1.165, 1.54) is 12.3 Å². The average Bonchev–Trinajstić information content (AvgIpc) is 2.63. The smallest absolute Gasteiger partial charge is 0.312 e. The van der Waals surface area contributed by atoms with Crippen LogP contribution in [0, 0.1) is 10.1 Å². The van der Waals surface area contributed by atoms with Crippen LogP contribution in [-0.2, 0) is 4.74 Å². The number of nitro groups is 1. The third-order valence-electron chi connectivity index (χ3n) is 3.85. The third-order valence-corrected chi connectivity index (χ3v) is 4.46. The minimum absolute atomic E-state index is 0.255. The van der Waals surface area contributed by atoms with Crippen molar-refractivity contribution < 1.29 is 14.8 Å². The molecule has 0 amide bonds. The Labute approximate surface area is 152 Å². The molecule has 2 aromatic carbocycles. The molecule has 0 bridgehead atoms. The van der Waals surface area contributed by atoms with Crippen molar-refractivity contribution in [1.29, 1.82) is 0 Å². The highest BCUT2D eigenvalue weighted by Gasteiger charge is 2.17. The number of anilines is 1. The molecular weight excluding hydrogens is 390 g/mol. The maximum Gasteiger partial charge on any atom is 0.312 e. The third kappa shape index (κ3) is 4.15. The fraction of sp³-hybridized carbons (Fsp3) is 0.235. The monoisotopic (exact) mass is 405 g/mol. The summed E-state index contributed by atoms with van der Waals surface area (Å²) in [7, 11) is 0. The molecule has 3 rings (SSSR count). The lowest BCUT2D eigenvalue weighted by Gasteiger charge is -2.28. The number of hydrogen-bond donors (Lipinski definition) is 1. The van der Waals surface area contributed by atoms with Crippen molar-refractivity contribution in [2.45, 2.75) is 0 Å². The van der Waals surface area contributed by atoms with Gasteiger partial charge in [0.05, 0.1) is 28.3 Å². The Hall–Kier alpha value is -2.45. The van der Waals surface area contributed by atoms with Crippen molar-refractivity contribution in [3.8, 4) is 5.75 Å². The molecule has 1 saturated heterocycles. The zero-order valence-electron chi connectivity index (χ0n) is 13.3. The van der Waals surface area contributed by atoms with E-state index in [2.05, 4.69) is 25.8 Å². The quantitative estimate of drug-likeness (QED) is 0.476. The molecule has 0 saturated carbocycles. The Morgan fingerprint density at radius 2 is 1.92 bits per heavy atom. The van der Waals surface area contributed by atoms with Gasteiger partial charge >= 0.3 is 5.69 Å². The number of hydrogen-bond acceptors (Lipinski definition) is 6. The summed E-state index contributed by atoms with van der Waals surface area (Å²) in [5, 5.41) is 20.6. The zero-order chi connectivity index (χ0) is 17.8. The Balaban J connectivity index is 1.77. The van der Waals surface area contributed by atoms with Crippen LogP contribution >= 0.6 is 15.9 Å². The SMILES string of the molecule is O=[N+]([O-])c1cc(C=Nc2ccc(N3CCOCC3)cc2)cc(Br)c1O. The van der Waals surface area contributed by atoms with E-state index in [0.29, 0.717) is 5.56 Å².